The van der Waals surface area contributed by atoms with Gasteiger partial charge in [0, 0.05) is 57.2 Å². The molecule has 0 aliphatic carbocycles. The number of H-pyrrole nitrogens is 1. The van der Waals surface area contributed by atoms with E-state index < -0.39 is 30.5 Å². The van der Waals surface area contributed by atoms with Gasteiger partial charge in [0.1, 0.15) is 0 Å². The zero-order chi connectivity index (χ0) is 33.5. The lowest BCUT2D eigenvalue weighted by Crippen LogP contribution is -2.46. The summed E-state index contributed by atoms with van der Waals surface area (Å²) in [6, 6.07) is 9.18. The maximum atomic E-state index is 14.2. The number of anilines is 1. The van der Waals surface area contributed by atoms with Crippen LogP contribution >= 0.6 is 11.6 Å². The molecule has 0 spiro atoms. The minimum atomic E-state index is -4.85. The highest BCUT2D eigenvalue weighted by Crippen LogP contribution is 2.37. The largest absolute Gasteiger partial charge is 0.435 e. The van der Waals surface area contributed by atoms with Crippen molar-refractivity contribution in [1.82, 2.24) is 39.5 Å². The fourth-order valence-corrected chi connectivity index (χ4v) is 5.62. The first-order valence-corrected chi connectivity index (χ1v) is 14.9. The van der Waals surface area contributed by atoms with Crippen molar-refractivity contribution >= 4 is 40.1 Å². The molecule has 0 radical (unpaired) electrons. The number of hydrogen-bond acceptors (Lipinski definition) is 8. The number of fused-ring (bicyclic) bond motifs is 1. The van der Waals surface area contributed by atoms with Crippen LogP contribution in [0.3, 0.4) is 0 Å². The van der Waals surface area contributed by atoms with Crippen molar-refractivity contribution in [2.45, 2.75) is 18.7 Å². The Morgan fingerprint density at radius 2 is 1.91 bits per heavy atom. The van der Waals surface area contributed by atoms with Gasteiger partial charge in [-0.25, -0.2) is 14.6 Å². The van der Waals surface area contributed by atoms with Crippen LogP contribution in [0.4, 0.5) is 18.9 Å². The highest BCUT2D eigenvalue weighted by molar-refractivity contribution is 6.34. The molecule has 0 saturated carbocycles. The van der Waals surface area contributed by atoms with Crippen LogP contribution in [0.1, 0.15) is 32.4 Å². The lowest BCUT2D eigenvalue weighted by molar-refractivity contribution is -0.140. The van der Waals surface area contributed by atoms with Crippen molar-refractivity contribution < 1.29 is 33.0 Å². The topological polar surface area (TPSA) is 166 Å². The minimum Gasteiger partial charge on any atom is -0.394 e. The summed E-state index contributed by atoms with van der Waals surface area (Å²) in [5, 5.41) is 28.6. The molecule has 1 atom stereocenters. The number of pyridine rings is 1. The third kappa shape index (κ3) is 6.58. The second-order valence-corrected chi connectivity index (χ2v) is 11.4. The number of hydrogen-bond donors (Lipinski definition) is 5. The summed E-state index contributed by atoms with van der Waals surface area (Å²) < 4.78 is 44.8. The Morgan fingerprint density at radius 3 is 2.62 bits per heavy atom. The molecular weight excluding hydrogens is 643 g/mol. The molecule has 47 heavy (non-hydrogen) atoms. The summed E-state index contributed by atoms with van der Waals surface area (Å²) in [7, 11) is 1.41. The minimum absolute atomic E-state index is 0.0216. The SMILES string of the molecule is Cn1c(-c2cn(-c3ccc4[nH]c(C[C@H](O)CO)cc4n3)nc2C(F)(F)F)cnc1C(=O)Nc1ccc(C(=O)N2CCNCC2)c(Cl)c1. The molecule has 17 heteroatoms. The lowest BCUT2D eigenvalue weighted by atomic mass is 10.1. The molecular formula is C30H29ClF3N9O4. The van der Waals surface area contributed by atoms with Gasteiger partial charge in [0.15, 0.2) is 17.3 Å². The van der Waals surface area contributed by atoms with Crippen molar-refractivity contribution in [1.29, 1.82) is 0 Å². The number of piperazine rings is 1. The number of nitrogens with one attached hydrogen (secondary N) is 3. The number of nitrogens with zero attached hydrogens (tertiary/aromatic N) is 6. The predicted molar refractivity (Wildman–Crippen MR) is 165 cm³/mol. The third-order valence-electron chi connectivity index (χ3n) is 7.73. The van der Waals surface area contributed by atoms with Gasteiger partial charge in [-0.2, -0.15) is 18.3 Å². The van der Waals surface area contributed by atoms with Crippen molar-refractivity contribution in [2.24, 2.45) is 7.05 Å². The van der Waals surface area contributed by atoms with Gasteiger partial charge < -0.3 is 35.3 Å². The summed E-state index contributed by atoms with van der Waals surface area (Å²) in [5.74, 6) is -1.02. The van der Waals surface area contributed by atoms with E-state index in [4.69, 9.17) is 16.7 Å². The number of alkyl halides is 3. The first kappa shape index (κ1) is 32.2. The Kier molecular flexibility index (Phi) is 8.76. The molecule has 246 valence electrons. The molecule has 1 aliphatic heterocycles. The van der Waals surface area contributed by atoms with Crippen LogP contribution in [0.2, 0.25) is 5.02 Å². The molecule has 5 aromatic rings. The van der Waals surface area contributed by atoms with Crippen molar-refractivity contribution in [3.05, 3.63) is 76.6 Å². The molecule has 5 N–H and O–H groups in total. The maximum Gasteiger partial charge on any atom is 0.435 e. The van der Waals surface area contributed by atoms with E-state index in [0.717, 1.165) is 17.1 Å². The normalized spacial score (nSPS) is 14.5. The number of aliphatic hydroxyl groups is 2. The van der Waals surface area contributed by atoms with E-state index in [0.29, 0.717) is 42.9 Å². The van der Waals surface area contributed by atoms with Crippen LogP contribution in [0.5, 0.6) is 0 Å². The average molecular weight is 672 g/mol. The summed E-state index contributed by atoms with van der Waals surface area (Å²) in [4.78, 5) is 39.3. The first-order chi connectivity index (χ1) is 22.4. The zero-order valence-electron chi connectivity index (χ0n) is 24.8. The molecule has 6 rings (SSSR count). The molecule has 13 nitrogen and oxygen atoms in total. The van der Waals surface area contributed by atoms with Crippen LogP contribution in [0, 0.1) is 0 Å². The van der Waals surface area contributed by atoms with Gasteiger partial charge in [-0.05, 0) is 36.4 Å². The molecule has 5 heterocycles. The summed E-state index contributed by atoms with van der Waals surface area (Å²) in [6.45, 7) is 2.01. The average Bonchev–Trinajstić information content (AvgIpc) is 3.77. The second kappa shape index (κ2) is 12.8. The summed E-state index contributed by atoms with van der Waals surface area (Å²) >= 11 is 6.38. The van der Waals surface area contributed by atoms with E-state index >= 15 is 0 Å². The molecule has 4 aromatic heterocycles. The number of halogens is 4. The van der Waals surface area contributed by atoms with Crippen molar-refractivity contribution in [3.63, 3.8) is 0 Å². The second-order valence-electron chi connectivity index (χ2n) is 11.0. The third-order valence-corrected chi connectivity index (χ3v) is 8.04. The van der Waals surface area contributed by atoms with Crippen LogP contribution in [-0.4, -0.2) is 95.1 Å². The van der Waals surface area contributed by atoms with Gasteiger partial charge >= 0.3 is 6.18 Å². The lowest BCUT2D eigenvalue weighted by Gasteiger charge is -2.27. The number of aliphatic hydroxyl groups excluding tert-OH is 2. The first-order valence-electron chi connectivity index (χ1n) is 14.5. The predicted octanol–water partition coefficient (Wildman–Crippen LogP) is 3.01. The van der Waals surface area contributed by atoms with Crippen LogP contribution in [0.25, 0.3) is 28.1 Å². The summed E-state index contributed by atoms with van der Waals surface area (Å²) in [6.07, 6.45) is -3.38. The number of amides is 2. The highest BCUT2D eigenvalue weighted by atomic mass is 35.5. The fraction of sp³-hybridized carbons (Fsp3) is 0.300. The van der Waals surface area contributed by atoms with Crippen LogP contribution < -0.4 is 10.6 Å². The van der Waals surface area contributed by atoms with Gasteiger partial charge in [-0.1, -0.05) is 11.6 Å². The number of aromatic amines is 1. The van der Waals surface area contributed by atoms with Crippen LogP contribution in [0.15, 0.2) is 48.8 Å². The van der Waals surface area contributed by atoms with Gasteiger partial charge in [0.2, 0.25) is 0 Å². The molecule has 0 unspecified atom stereocenters. The molecule has 1 aliphatic rings. The Balaban J connectivity index is 1.25. The number of aromatic nitrogens is 6. The monoisotopic (exact) mass is 671 g/mol. The molecule has 1 aromatic carbocycles. The quantitative estimate of drug-likeness (QED) is 0.168. The number of imidazole rings is 1. The Labute approximate surface area is 270 Å². The Morgan fingerprint density at radius 1 is 1.15 bits per heavy atom. The van der Waals surface area contributed by atoms with Gasteiger partial charge in [0.05, 0.1) is 51.8 Å². The number of carbonyl (C=O) groups excluding carboxylic acids is 2. The standard InChI is InChI=1S/C30H29ClF3N9O4/c1-41-24(13-36-27(41)28(46)38-16-2-3-19(21(31)11-16)29(47)42-8-6-35-7-9-42)20-14-43(40-26(20)30(32,33)34)25-5-4-22-23(39-25)12-17(37-22)10-18(45)15-44/h2-5,11-14,18,35,37,44-45H,6-10,15H2,1H3,(H,38,46)/t18-/m0/s1. The Hall–Kier alpha value is -4.77. The van der Waals surface area contributed by atoms with E-state index in [2.05, 4.69) is 30.7 Å². The number of rotatable bonds is 8. The number of carbonyl (C=O) groups is 2. The van der Waals surface area contributed by atoms with Crippen molar-refractivity contribution in [3.8, 4) is 17.1 Å². The van der Waals surface area contributed by atoms with Crippen LogP contribution in [-0.2, 0) is 19.6 Å². The van der Waals surface area contributed by atoms with Gasteiger partial charge in [-0.3, -0.25) is 9.59 Å². The fourth-order valence-electron chi connectivity index (χ4n) is 5.36. The van der Waals surface area contributed by atoms with Gasteiger partial charge in [-0.15, -0.1) is 0 Å². The molecule has 0 bridgehead atoms. The Bertz CT molecular complexity index is 1960. The summed E-state index contributed by atoms with van der Waals surface area (Å²) in [5.41, 5.74) is 0.604. The maximum absolute atomic E-state index is 14.2. The molecule has 1 saturated heterocycles. The number of benzene rings is 1. The van der Waals surface area contributed by atoms with E-state index in [1.54, 1.807) is 17.0 Å². The van der Waals surface area contributed by atoms with E-state index in [1.165, 1.54) is 35.9 Å². The zero-order valence-corrected chi connectivity index (χ0v) is 25.6. The molecule has 2 amide bonds. The smallest absolute Gasteiger partial charge is 0.394 e. The highest BCUT2D eigenvalue weighted by Gasteiger charge is 2.39. The van der Waals surface area contributed by atoms with E-state index in [-0.39, 0.29) is 51.5 Å². The van der Waals surface area contributed by atoms with Gasteiger partial charge in [0.25, 0.3) is 11.8 Å². The molecule has 1 fully saturated rings. The van der Waals surface area contributed by atoms with E-state index in [1.807, 2.05) is 0 Å². The van der Waals surface area contributed by atoms with E-state index in [9.17, 15) is 27.9 Å². The van der Waals surface area contributed by atoms with Crippen molar-refractivity contribution in [2.75, 3.05) is 38.1 Å².